The van der Waals surface area contributed by atoms with Crippen molar-refractivity contribution in [1.82, 2.24) is 0 Å². The van der Waals surface area contributed by atoms with Crippen molar-refractivity contribution in [3.63, 3.8) is 0 Å². The first kappa shape index (κ1) is 10.7. The van der Waals surface area contributed by atoms with Crippen molar-refractivity contribution in [2.75, 3.05) is 19.8 Å². The Morgan fingerprint density at radius 1 is 1.62 bits per heavy atom. The molecule has 1 atom stereocenters. The molecule has 0 aliphatic carbocycles. The average molecular weight is 186 g/mol. The molecule has 1 N–H and O–H groups in total. The van der Waals surface area contributed by atoms with Crippen LogP contribution in [0.25, 0.3) is 0 Å². The number of aliphatic hydroxyl groups excluding tert-OH is 1. The minimum atomic E-state index is -0.0310. The molecule has 0 amide bonds. The highest BCUT2D eigenvalue weighted by atomic mass is 16.7. The molecule has 3 nitrogen and oxygen atoms in total. The smallest absolute Gasteiger partial charge is 0.157 e. The Morgan fingerprint density at radius 3 is 3.08 bits per heavy atom. The van der Waals surface area contributed by atoms with Crippen LogP contribution in [0.1, 0.15) is 26.2 Å². The summed E-state index contributed by atoms with van der Waals surface area (Å²) in [6.45, 7) is 3.34. The third-order valence-electron chi connectivity index (χ3n) is 2.10. The summed E-state index contributed by atoms with van der Waals surface area (Å²) in [4.78, 5) is 0. The van der Waals surface area contributed by atoms with Crippen LogP contribution in [0.2, 0.25) is 0 Å². The SMILES string of the molecule is CC(=CCOC1CCCCO1)CO. The molecule has 1 saturated heterocycles. The van der Waals surface area contributed by atoms with E-state index in [0.717, 1.165) is 25.0 Å². The molecule has 1 rings (SSSR count). The van der Waals surface area contributed by atoms with Crippen molar-refractivity contribution in [3.8, 4) is 0 Å². The summed E-state index contributed by atoms with van der Waals surface area (Å²) < 4.78 is 10.8. The summed E-state index contributed by atoms with van der Waals surface area (Å²) in [7, 11) is 0. The molecule has 13 heavy (non-hydrogen) atoms. The first-order valence-corrected chi connectivity index (χ1v) is 4.82. The maximum absolute atomic E-state index is 8.72. The van der Waals surface area contributed by atoms with Crippen LogP contribution in [0.3, 0.4) is 0 Å². The van der Waals surface area contributed by atoms with E-state index in [9.17, 15) is 0 Å². The highest BCUT2D eigenvalue weighted by Gasteiger charge is 2.12. The number of hydrogen-bond acceptors (Lipinski definition) is 3. The van der Waals surface area contributed by atoms with Gasteiger partial charge in [-0.15, -0.1) is 0 Å². The second kappa shape index (κ2) is 6.13. The minimum absolute atomic E-state index is 0.0310. The van der Waals surface area contributed by atoms with Crippen LogP contribution in [-0.4, -0.2) is 31.2 Å². The van der Waals surface area contributed by atoms with Crippen LogP contribution in [0.15, 0.2) is 11.6 Å². The highest BCUT2D eigenvalue weighted by molar-refractivity contribution is 4.97. The molecule has 1 aliphatic rings. The Balaban J connectivity index is 2.10. The molecule has 1 heterocycles. The Labute approximate surface area is 79.3 Å². The average Bonchev–Trinajstić information content (AvgIpc) is 2.19. The van der Waals surface area contributed by atoms with Gasteiger partial charge in [-0.3, -0.25) is 0 Å². The summed E-state index contributed by atoms with van der Waals surface area (Å²) in [5, 5.41) is 8.72. The normalized spacial score (nSPS) is 24.8. The monoisotopic (exact) mass is 186 g/mol. The Morgan fingerprint density at radius 2 is 2.46 bits per heavy atom. The molecule has 1 aliphatic heterocycles. The molecule has 0 radical (unpaired) electrons. The van der Waals surface area contributed by atoms with Gasteiger partial charge in [0.15, 0.2) is 6.29 Å². The lowest BCUT2D eigenvalue weighted by atomic mass is 10.2. The van der Waals surface area contributed by atoms with Crippen LogP contribution >= 0.6 is 0 Å². The van der Waals surface area contributed by atoms with E-state index in [1.807, 2.05) is 13.0 Å². The minimum Gasteiger partial charge on any atom is -0.392 e. The zero-order valence-corrected chi connectivity index (χ0v) is 8.16. The van der Waals surface area contributed by atoms with Crippen molar-refractivity contribution in [2.24, 2.45) is 0 Å². The molecule has 1 fully saturated rings. The van der Waals surface area contributed by atoms with E-state index >= 15 is 0 Å². The third kappa shape index (κ3) is 4.41. The maximum Gasteiger partial charge on any atom is 0.157 e. The van der Waals surface area contributed by atoms with E-state index in [0.29, 0.717) is 6.61 Å². The molecule has 0 saturated carbocycles. The molecule has 0 aromatic carbocycles. The third-order valence-corrected chi connectivity index (χ3v) is 2.10. The lowest BCUT2D eigenvalue weighted by Crippen LogP contribution is -2.22. The van der Waals surface area contributed by atoms with Crippen molar-refractivity contribution in [1.29, 1.82) is 0 Å². The fourth-order valence-corrected chi connectivity index (χ4v) is 1.20. The lowest BCUT2D eigenvalue weighted by molar-refractivity contribution is -0.155. The standard InChI is InChI=1S/C10H18O3/c1-9(8-11)5-7-13-10-4-2-3-6-12-10/h5,10-11H,2-4,6-8H2,1H3. The topological polar surface area (TPSA) is 38.7 Å². The van der Waals surface area contributed by atoms with Crippen LogP contribution < -0.4 is 0 Å². The van der Waals surface area contributed by atoms with Crippen LogP contribution in [0.5, 0.6) is 0 Å². The molecule has 1 unspecified atom stereocenters. The summed E-state index contributed by atoms with van der Waals surface area (Å²) in [6.07, 6.45) is 5.18. The predicted octanol–water partition coefficient (Wildman–Crippen LogP) is 1.47. The number of hydrogen-bond donors (Lipinski definition) is 1. The molecule has 0 bridgehead atoms. The Hall–Kier alpha value is -0.380. The largest absolute Gasteiger partial charge is 0.392 e. The van der Waals surface area contributed by atoms with E-state index in [2.05, 4.69) is 0 Å². The van der Waals surface area contributed by atoms with Gasteiger partial charge in [-0.25, -0.2) is 0 Å². The van der Waals surface area contributed by atoms with E-state index < -0.39 is 0 Å². The Bertz CT molecular complexity index is 160. The fourth-order valence-electron chi connectivity index (χ4n) is 1.20. The van der Waals surface area contributed by atoms with E-state index in [-0.39, 0.29) is 12.9 Å². The van der Waals surface area contributed by atoms with Crippen molar-refractivity contribution in [2.45, 2.75) is 32.5 Å². The quantitative estimate of drug-likeness (QED) is 0.676. The van der Waals surface area contributed by atoms with Gasteiger partial charge in [0.2, 0.25) is 0 Å². The summed E-state index contributed by atoms with van der Waals surface area (Å²) in [6, 6.07) is 0. The molecule has 0 spiro atoms. The lowest BCUT2D eigenvalue weighted by Gasteiger charge is -2.22. The molecule has 3 heteroatoms. The van der Waals surface area contributed by atoms with Gasteiger partial charge < -0.3 is 14.6 Å². The van der Waals surface area contributed by atoms with Crippen LogP contribution in [-0.2, 0) is 9.47 Å². The second-order valence-corrected chi connectivity index (χ2v) is 3.34. The highest BCUT2D eigenvalue weighted by Crippen LogP contribution is 2.13. The maximum atomic E-state index is 8.72. The zero-order chi connectivity index (χ0) is 9.52. The first-order chi connectivity index (χ1) is 6.33. The molecular formula is C10H18O3. The molecule has 0 aromatic heterocycles. The number of ether oxygens (including phenoxy) is 2. The van der Waals surface area contributed by atoms with E-state index in [1.54, 1.807) is 0 Å². The van der Waals surface area contributed by atoms with Gasteiger partial charge in [0.05, 0.1) is 13.2 Å². The predicted molar refractivity (Wildman–Crippen MR) is 50.4 cm³/mol. The van der Waals surface area contributed by atoms with Gasteiger partial charge in [0.1, 0.15) is 0 Å². The van der Waals surface area contributed by atoms with Crippen molar-refractivity contribution >= 4 is 0 Å². The summed E-state index contributed by atoms with van der Waals surface area (Å²) in [5.74, 6) is 0. The van der Waals surface area contributed by atoms with Gasteiger partial charge in [-0.1, -0.05) is 6.08 Å². The Kier molecular flexibility index (Phi) is 5.05. The van der Waals surface area contributed by atoms with Crippen molar-refractivity contribution < 1.29 is 14.6 Å². The van der Waals surface area contributed by atoms with Gasteiger partial charge in [-0.2, -0.15) is 0 Å². The van der Waals surface area contributed by atoms with Gasteiger partial charge in [0, 0.05) is 6.61 Å². The van der Waals surface area contributed by atoms with Crippen molar-refractivity contribution in [3.05, 3.63) is 11.6 Å². The number of rotatable bonds is 4. The molecule has 0 aromatic rings. The van der Waals surface area contributed by atoms with Gasteiger partial charge in [-0.05, 0) is 31.8 Å². The van der Waals surface area contributed by atoms with Gasteiger partial charge in [0.25, 0.3) is 0 Å². The zero-order valence-electron chi connectivity index (χ0n) is 8.16. The fraction of sp³-hybridized carbons (Fsp3) is 0.800. The molecular weight excluding hydrogens is 168 g/mol. The second-order valence-electron chi connectivity index (χ2n) is 3.34. The van der Waals surface area contributed by atoms with E-state index in [1.165, 1.54) is 6.42 Å². The summed E-state index contributed by atoms with van der Waals surface area (Å²) in [5.41, 5.74) is 0.941. The first-order valence-electron chi connectivity index (χ1n) is 4.82. The number of aliphatic hydroxyl groups is 1. The van der Waals surface area contributed by atoms with Crippen LogP contribution in [0, 0.1) is 0 Å². The molecule has 76 valence electrons. The summed E-state index contributed by atoms with van der Waals surface area (Å²) >= 11 is 0. The van der Waals surface area contributed by atoms with Gasteiger partial charge >= 0.3 is 0 Å². The van der Waals surface area contributed by atoms with E-state index in [4.69, 9.17) is 14.6 Å². The van der Waals surface area contributed by atoms with Crippen LogP contribution in [0.4, 0.5) is 0 Å².